The van der Waals surface area contributed by atoms with Gasteiger partial charge < -0.3 is 19.3 Å². The summed E-state index contributed by atoms with van der Waals surface area (Å²) in [6.45, 7) is 2.43. The number of phenols is 1. The molecule has 0 unspecified atom stereocenters. The van der Waals surface area contributed by atoms with E-state index in [0.717, 1.165) is 12.8 Å². The number of benzene rings is 1. The highest BCUT2D eigenvalue weighted by molar-refractivity contribution is 5.88. The fraction of sp³-hybridized carbons (Fsp3) is 0.400. The number of carbonyl (C=O) groups is 1. The number of hydrogen-bond acceptors (Lipinski definition) is 5. The minimum absolute atomic E-state index is 0.100. The Balaban J connectivity index is 2.81. The van der Waals surface area contributed by atoms with Gasteiger partial charge in [0.2, 0.25) is 5.75 Å². The van der Waals surface area contributed by atoms with Gasteiger partial charge in [0, 0.05) is 11.6 Å². The second-order valence-electron chi connectivity index (χ2n) is 4.09. The van der Waals surface area contributed by atoms with Gasteiger partial charge in [-0.3, -0.25) is 0 Å². The highest BCUT2D eigenvalue weighted by Crippen LogP contribution is 2.39. The summed E-state index contributed by atoms with van der Waals surface area (Å²) < 4.78 is 15.1. The lowest BCUT2D eigenvalue weighted by molar-refractivity contribution is -0.137. The van der Waals surface area contributed by atoms with Crippen LogP contribution in [-0.4, -0.2) is 31.9 Å². The average molecular weight is 280 g/mol. The molecule has 1 aromatic rings. The van der Waals surface area contributed by atoms with Crippen molar-refractivity contribution in [2.75, 3.05) is 20.8 Å². The summed E-state index contributed by atoms with van der Waals surface area (Å²) in [7, 11) is 2.89. The van der Waals surface area contributed by atoms with Gasteiger partial charge in [-0.25, -0.2) is 4.79 Å². The van der Waals surface area contributed by atoms with Gasteiger partial charge in [-0.2, -0.15) is 0 Å². The molecule has 0 radical (unpaired) electrons. The summed E-state index contributed by atoms with van der Waals surface area (Å²) >= 11 is 0. The Bertz CT molecular complexity index is 479. The van der Waals surface area contributed by atoms with Crippen LogP contribution < -0.4 is 9.47 Å². The molecule has 0 saturated heterocycles. The molecule has 5 heteroatoms. The first kappa shape index (κ1) is 15.9. The molecule has 0 aromatic heterocycles. The molecule has 0 aliphatic rings. The molecule has 5 nitrogen and oxygen atoms in total. The van der Waals surface area contributed by atoms with Crippen LogP contribution in [0.5, 0.6) is 17.2 Å². The van der Waals surface area contributed by atoms with Crippen LogP contribution in [0, 0.1) is 0 Å². The van der Waals surface area contributed by atoms with E-state index in [-0.39, 0.29) is 11.5 Å². The highest BCUT2D eigenvalue weighted by atomic mass is 16.5. The van der Waals surface area contributed by atoms with Crippen molar-refractivity contribution in [2.45, 2.75) is 19.8 Å². The molecule has 20 heavy (non-hydrogen) atoms. The standard InChI is InChI=1S/C15H20O5/c1-4-5-10-20-13(16)9-7-11-6-8-12(18-2)14(17)15(11)19-3/h6-9,17H,4-5,10H2,1-3H3/b9-7+. The van der Waals surface area contributed by atoms with Gasteiger partial charge in [0.05, 0.1) is 20.8 Å². The molecule has 0 aliphatic carbocycles. The van der Waals surface area contributed by atoms with Crippen LogP contribution in [0.4, 0.5) is 0 Å². The topological polar surface area (TPSA) is 65.0 Å². The molecule has 0 fully saturated rings. The number of carbonyl (C=O) groups excluding carboxylic acids is 1. The zero-order chi connectivity index (χ0) is 15.0. The van der Waals surface area contributed by atoms with Crippen molar-refractivity contribution >= 4 is 12.0 Å². The van der Waals surface area contributed by atoms with Crippen molar-refractivity contribution in [1.29, 1.82) is 0 Å². The van der Waals surface area contributed by atoms with E-state index in [9.17, 15) is 9.90 Å². The summed E-state index contributed by atoms with van der Waals surface area (Å²) in [5.74, 6) is 0.0405. The lowest BCUT2D eigenvalue weighted by Gasteiger charge is -2.10. The van der Waals surface area contributed by atoms with E-state index in [4.69, 9.17) is 14.2 Å². The Morgan fingerprint density at radius 3 is 2.65 bits per heavy atom. The van der Waals surface area contributed by atoms with Crippen molar-refractivity contribution in [3.05, 3.63) is 23.8 Å². The number of phenolic OH excluding ortho intramolecular Hbond substituents is 1. The van der Waals surface area contributed by atoms with E-state index < -0.39 is 5.97 Å². The number of methoxy groups -OCH3 is 2. The molecule has 0 aliphatic heterocycles. The van der Waals surface area contributed by atoms with Crippen LogP contribution in [0.15, 0.2) is 18.2 Å². The van der Waals surface area contributed by atoms with Crippen molar-refractivity contribution in [2.24, 2.45) is 0 Å². The van der Waals surface area contributed by atoms with Crippen molar-refractivity contribution in [3.8, 4) is 17.2 Å². The van der Waals surface area contributed by atoms with Gasteiger partial charge in [-0.1, -0.05) is 13.3 Å². The molecule has 1 N–H and O–H groups in total. The predicted octanol–water partition coefficient (Wildman–Crippen LogP) is 2.77. The summed E-state index contributed by atoms with van der Waals surface area (Å²) in [6.07, 6.45) is 4.65. The first-order valence-electron chi connectivity index (χ1n) is 6.42. The Hall–Kier alpha value is -2.17. The minimum Gasteiger partial charge on any atom is -0.502 e. The number of hydrogen-bond donors (Lipinski definition) is 1. The number of aromatic hydroxyl groups is 1. The summed E-state index contributed by atoms with van der Waals surface area (Å²) in [5.41, 5.74) is 0.568. The Morgan fingerprint density at radius 2 is 2.05 bits per heavy atom. The molecule has 0 amide bonds. The second kappa shape index (κ2) is 8.09. The predicted molar refractivity (Wildman–Crippen MR) is 76.1 cm³/mol. The first-order valence-corrected chi connectivity index (χ1v) is 6.42. The van der Waals surface area contributed by atoms with E-state index in [1.54, 1.807) is 12.1 Å². The molecule has 1 aromatic carbocycles. The average Bonchev–Trinajstić information content (AvgIpc) is 2.45. The quantitative estimate of drug-likeness (QED) is 0.472. The fourth-order valence-corrected chi connectivity index (χ4v) is 1.60. The van der Waals surface area contributed by atoms with Gasteiger partial charge in [-0.05, 0) is 24.6 Å². The molecule has 0 heterocycles. The first-order chi connectivity index (χ1) is 9.63. The van der Waals surface area contributed by atoms with Crippen LogP contribution in [0.1, 0.15) is 25.3 Å². The number of unbranched alkanes of at least 4 members (excludes halogenated alkanes) is 1. The van der Waals surface area contributed by atoms with Crippen molar-refractivity contribution in [1.82, 2.24) is 0 Å². The lowest BCUT2D eigenvalue weighted by atomic mass is 10.1. The van der Waals surface area contributed by atoms with Crippen LogP contribution in [0.25, 0.3) is 6.08 Å². The molecule has 1 rings (SSSR count). The van der Waals surface area contributed by atoms with Crippen LogP contribution >= 0.6 is 0 Å². The third-order valence-electron chi connectivity index (χ3n) is 2.69. The molecule has 0 bridgehead atoms. The SMILES string of the molecule is CCCCOC(=O)/C=C/c1ccc(OC)c(O)c1OC. The number of ether oxygens (including phenoxy) is 3. The lowest BCUT2D eigenvalue weighted by Crippen LogP contribution is -2.01. The largest absolute Gasteiger partial charge is 0.502 e. The monoisotopic (exact) mass is 280 g/mol. The van der Waals surface area contributed by atoms with Crippen LogP contribution in [0.3, 0.4) is 0 Å². The fourth-order valence-electron chi connectivity index (χ4n) is 1.60. The van der Waals surface area contributed by atoms with Crippen molar-refractivity contribution in [3.63, 3.8) is 0 Å². The van der Waals surface area contributed by atoms with E-state index in [1.807, 2.05) is 6.92 Å². The van der Waals surface area contributed by atoms with Gasteiger partial charge in [0.25, 0.3) is 0 Å². The molecular formula is C15H20O5. The Kier molecular flexibility index (Phi) is 6.43. The van der Waals surface area contributed by atoms with E-state index >= 15 is 0 Å². The van der Waals surface area contributed by atoms with Gasteiger partial charge in [0.1, 0.15) is 0 Å². The van der Waals surface area contributed by atoms with E-state index in [1.165, 1.54) is 26.4 Å². The maximum absolute atomic E-state index is 11.5. The van der Waals surface area contributed by atoms with Gasteiger partial charge in [0.15, 0.2) is 11.5 Å². The number of rotatable bonds is 7. The van der Waals surface area contributed by atoms with Gasteiger partial charge in [-0.15, -0.1) is 0 Å². The number of esters is 1. The molecule has 0 atom stereocenters. The zero-order valence-electron chi connectivity index (χ0n) is 12.0. The van der Waals surface area contributed by atoms with Gasteiger partial charge >= 0.3 is 5.97 Å². The third-order valence-corrected chi connectivity index (χ3v) is 2.69. The van der Waals surface area contributed by atoms with E-state index in [0.29, 0.717) is 17.9 Å². The van der Waals surface area contributed by atoms with Crippen molar-refractivity contribution < 1.29 is 24.1 Å². The molecule has 110 valence electrons. The Morgan fingerprint density at radius 1 is 1.30 bits per heavy atom. The summed E-state index contributed by atoms with van der Waals surface area (Å²) in [4.78, 5) is 11.5. The third kappa shape index (κ3) is 4.19. The summed E-state index contributed by atoms with van der Waals surface area (Å²) in [6, 6.07) is 3.28. The second-order valence-corrected chi connectivity index (χ2v) is 4.09. The van der Waals surface area contributed by atoms with Crippen LogP contribution in [0.2, 0.25) is 0 Å². The normalized spacial score (nSPS) is 10.6. The molecular weight excluding hydrogens is 260 g/mol. The zero-order valence-corrected chi connectivity index (χ0v) is 12.0. The maximum atomic E-state index is 11.5. The molecule has 0 spiro atoms. The van der Waals surface area contributed by atoms with E-state index in [2.05, 4.69) is 0 Å². The molecule has 0 saturated carbocycles. The minimum atomic E-state index is -0.421. The summed E-state index contributed by atoms with van der Waals surface area (Å²) in [5, 5.41) is 9.91. The Labute approximate surface area is 118 Å². The maximum Gasteiger partial charge on any atom is 0.330 e. The highest BCUT2D eigenvalue weighted by Gasteiger charge is 2.12. The van der Waals surface area contributed by atoms with Crippen LogP contribution in [-0.2, 0) is 9.53 Å². The smallest absolute Gasteiger partial charge is 0.330 e.